The molecule has 0 fully saturated rings. The number of rotatable bonds is 3. The second-order valence-corrected chi connectivity index (χ2v) is 3.58. The van der Waals surface area contributed by atoms with Crippen LogP contribution in [-0.2, 0) is 13.0 Å². The van der Waals surface area contributed by atoms with Crippen LogP contribution in [0.1, 0.15) is 22.8 Å². The highest BCUT2D eigenvalue weighted by Gasteiger charge is 2.05. The van der Waals surface area contributed by atoms with Crippen molar-refractivity contribution in [2.75, 3.05) is 0 Å². The first-order valence-corrected chi connectivity index (χ1v) is 4.98. The van der Waals surface area contributed by atoms with Gasteiger partial charge in [0.2, 0.25) is 0 Å². The Hall–Kier alpha value is -1.61. The average Bonchev–Trinajstić information content (AvgIpc) is 2.60. The summed E-state index contributed by atoms with van der Waals surface area (Å²) in [5, 5.41) is 9.02. The van der Waals surface area contributed by atoms with Gasteiger partial charge in [0.15, 0.2) is 0 Å². The minimum Gasteiger partial charge on any atom is -0.390 e. The van der Waals surface area contributed by atoms with Crippen LogP contribution in [-0.4, -0.2) is 15.1 Å². The summed E-state index contributed by atoms with van der Waals surface area (Å²) >= 11 is 0. The summed E-state index contributed by atoms with van der Waals surface area (Å²) in [7, 11) is 0. The number of aliphatic hydroxyl groups is 1. The second kappa shape index (κ2) is 4.28. The van der Waals surface area contributed by atoms with E-state index in [0.717, 1.165) is 23.6 Å². The normalized spacial score (nSPS) is 10.5. The fourth-order valence-electron chi connectivity index (χ4n) is 1.59. The lowest BCUT2D eigenvalue weighted by molar-refractivity contribution is 0.276. The fourth-order valence-corrected chi connectivity index (χ4v) is 1.59. The summed E-state index contributed by atoms with van der Waals surface area (Å²) in [6.07, 6.45) is 0.779. The van der Waals surface area contributed by atoms with E-state index in [1.165, 1.54) is 5.56 Å². The Kier molecular flexibility index (Phi) is 2.83. The zero-order chi connectivity index (χ0) is 10.7. The molecule has 0 aliphatic rings. The molecule has 2 N–H and O–H groups in total. The van der Waals surface area contributed by atoms with Gasteiger partial charge in [-0.25, -0.2) is 4.98 Å². The highest BCUT2D eigenvalue weighted by Crippen LogP contribution is 2.09. The van der Waals surface area contributed by atoms with Gasteiger partial charge >= 0.3 is 0 Å². The molecule has 15 heavy (non-hydrogen) atoms. The van der Waals surface area contributed by atoms with Crippen LogP contribution in [0.3, 0.4) is 0 Å². The number of aromatic amines is 1. The smallest absolute Gasteiger partial charge is 0.111 e. The number of benzene rings is 1. The van der Waals surface area contributed by atoms with Crippen molar-refractivity contribution < 1.29 is 5.11 Å². The van der Waals surface area contributed by atoms with Crippen LogP contribution in [0, 0.1) is 6.92 Å². The average molecular weight is 202 g/mol. The third-order valence-electron chi connectivity index (χ3n) is 2.40. The Morgan fingerprint density at radius 3 is 2.60 bits per heavy atom. The second-order valence-electron chi connectivity index (χ2n) is 3.58. The van der Waals surface area contributed by atoms with Crippen LogP contribution in [0.15, 0.2) is 30.3 Å². The van der Waals surface area contributed by atoms with Crippen molar-refractivity contribution in [3.05, 3.63) is 53.1 Å². The van der Waals surface area contributed by atoms with Gasteiger partial charge < -0.3 is 10.1 Å². The van der Waals surface area contributed by atoms with Crippen molar-refractivity contribution in [1.29, 1.82) is 0 Å². The van der Waals surface area contributed by atoms with E-state index in [9.17, 15) is 0 Å². The van der Waals surface area contributed by atoms with Crippen LogP contribution in [0.2, 0.25) is 0 Å². The molecule has 0 radical (unpaired) electrons. The number of aryl methyl sites for hydroxylation is 1. The van der Waals surface area contributed by atoms with Gasteiger partial charge in [-0.3, -0.25) is 0 Å². The Bertz CT molecular complexity index is 434. The predicted octanol–water partition coefficient (Wildman–Crippen LogP) is 1.80. The fraction of sp³-hybridized carbons (Fsp3) is 0.250. The molecular weight excluding hydrogens is 188 g/mol. The first-order chi connectivity index (χ1) is 7.29. The Labute approximate surface area is 88.8 Å². The zero-order valence-corrected chi connectivity index (χ0v) is 8.70. The van der Waals surface area contributed by atoms with Gasteiger partial charge in [0, 0.05) is 12.1 Å². The molecular formula is C12H14N2O. The number of nitrogens with one attached hydrogen (secondary N) is 1. The zero-order valence-electron chi connectivity index (χ0n) is 8.70. The van der Waals surface area contributed by atoms with Gasteiger partial charge in [0.25, 0.3) is 0 Å². The third-order valence-corrected chi connectivity index (χ3v) is 2.40. The lowest BCUT2D eigenvalue weighted by Crippen LogP contribution is -1.90. The van der Waals surface area contributed by atoms with Gasteiger partial charge in [0.1, 0.15) is 5.82 Å². The van der Waals surface area contributed by atoms with E-state index < -0.39 is 0 Å². The molecule has 0 atom stereocenters. The van der Waals surface area contributed by atoms with Crippen LogP contribution in [0.5, 0.6) is 0 Å². The Balaban J connectivity index is 2.18. The molecule has 0 spiro atoms. The maximum absolute atomic E-state index is 9.02. The standard InChI is InChI=1S/C12H14N2O/c1-9-11(8-15)14-12(13-9)7-10-5-3-2-4-6-10/h2-6,15H,7-8H2,1H3,(H,13,14). The van der Waals surface area contributed by atoms with E-state index >= 15 is 0 Å². The van der Waals surface area contributed by atoms with E-state index in [1.54, 1.807) is 0 Å². The number of nitrogens with zero attached hydrogens (tertiary/aromatic N) is 1. The molecule has 3 nitrogen and oxygen atoms in total. The molecule has 0 saturated heterocycles. The SMILES string of the molecule is Cc1[nH]c(Cc2ccccc2)nc1CO. The molecule has 1 aromatic heterocycles. The molecule has 0 unspecified atom stereocenters. The van der Waals surface area contributed by atoms with E-state index in [0.29, 0.717) is 0 Å². The molecule has 1 aromatic carbocycles. The summed E-state index contributed by atoms with van der Waals surface area (Å²) < 4.78 is 0. The monoisotopic (exact) mass is 202 g/mol. The molecule has 78 valence electrons. The van der Waals surface area contributed by atoms with E-state index in [-0.39, 0.29) is 6.61 Å². The molecule has 0 aliphatic carbocycles. The van der Waals surface area contributed by atoms with Crippen LogP contribution in [0.25, 0.3) is 0 Å². The number of hydrogen-bond acceptors (Lipinski definition) is 2. The topological polar surface area (TPSA) is 48.9 Å². The minimum absolute atomic E-state index is 0.00285. The molecule has 2 rings (SSSR count). The Morgan fingerprint density at radius 2 is 2.00 bits per heavy atom. The number of aromatic nitrogens is 2. The minimum atomic E-state index is -0.00285. The molecule has 0 saturated carbocycles. The number of hydrogen-bond donors (Lipinski definition) is 2. The summed E-state index contributed by atoms with van der Waals surface area (Å²) in [5.41, 5.74) is 2.90. The van der Waals surface area contributed by atoms with E-state index in [2.05, 4.69) is 22.1 Å². The van der Waals surface area contributed by atoms with Crippen molar-refractivity contribution >= 4 is 0 Å². The van der Waals surface area contributed by atoms with Gasteiger partial charge in [-0.05, 0) is 12.5 Å². The summed E-state index contributed by atoms with van der Waals surface area (Å²) in [4.78, 5) is 7.49. The van der Waals surface area contributed by atoms with Crippen molar-refractivity contribution in [2.24, 2.45) is 0 Å². The Morgan fingerprint density at radius 1 is 1.27 bits per heavy atom. The maximum Gasteiger partial charge on any atom is 0.111 e. The summed E-state index contributed by atoms with van der Waals surface area (Å²) in [6.45, 7) is 1.92. The number of H-pyrrole nitrogens is 1. The highest BCUT2D eigenvalue weighted by atomic mass is 16.3. The summed E-state index contributed by atoms with van der Waals surface area (Å²) in [5.74, 6) is 0.905. The maximum atomic E-state index is 9.02. The molecule has 2 aromatic rings. The number of imidazole rings is 1. The third kappa shape index (κ3) is 2.25. The quantitative estimate of drug-likeness (QED) is 0.797. The molecule has 0 aliphatic heterocycles. The van der Waals surface area contributed by atoms with Crippen LogP contribution >= 0.6 is 0 Å². The van der Waals surface area contributed by atoms with E-state index in [4.69, 9.17) is 5.11 Å². The lowest BCUT2D eigenvalue weighted by Gasteiger charge is -1.96. The van der Waals surface area contributed by atoms with Crippen LogP contribution in [0.4, 0.5) is 0 Å². The number of aliphatic hydroxyl groups excluding tert-OH is 1. The first kappa shape index (κ1) is 9.93. The van der Waals surface area contributed by atoms with Crippen molar-refractivity contribution in [2.45, 2.75) is 20.0 Å². The van der Waals surface area contributed by atoms with Crippen molar-refractivity contribution in [3.8, 4) is 0 Å². The molecule has 0 bridgehead atoms. The molecule has 1 heterocycles. The van der Waals surface area contributed by atoms with Gasteiger partial charge in [-0.1, -0.05) is 30.3 Å². The highest BCUT2D eigenvalue weighted by molar-refractivity contribution is 5.21. The molecule has 0 amide bonds. The summed E-state index contributed by atoms with van der Waals surface area (Å²) in [6, 6.07) is 10.2. The largest absolute Gasteiger partial charge is 0.390 e. The van der Waals surface area contributed by atoms with Gasteiger partial charge in [-0.15, -0.1) is 0 Å². The lowest BCUT2D eigenvalue weighted by atomic mass is 10.1. The van der Waals surface area contributed by atoms with Gasteiger partial charge in [-0.2, -0.15) is 0 Å². The van der Waals surface area contributed by atoms with Crippen LogP contribution < -0.4 is 0 Å². The molecule has 3 heteroatoms. The van der Waals surface area contributed by atoms with E-state index in [1.807, 2.05) is 25.1 Å². The first-order valence-electron chi connectivity index (χ1n) is 4.98. The van der Waals surface area contributed by atoms with Crippen molar-refractivity contribution in [3.63, 3.8) is 0 Å². The predicted molar refractivity (Wildman–Crippen MR) is 58.5 cm³/mol. The van der Waals surface area contributed by atoms with Crippen molar-refractivity contribution in [1.82, 2.24) is 9.97 Å². The van der Waals surface area contributed by atoms with Gasteiger partial charge in [0.05, 0.1) is 12.3 Å².